The summed E-state index contributed by atoms with van der Waals surface area (Å²) >= 11 is 0. The summed E-state index contributed by atoms with van der Waals surface area (Å²) in [5.41, 5.74) is 1.62. The molecule has 3 rings (SSSR count). The van der Waals surface area contributed by atoms with Crippen LogP contribution in [0.3, 0.4) is 0 Å². The van der Waals surface area contributed by atoms with E-state index in [4.69, 9.17) is 4.74 Å². The van der Waals surface area contributed by atoms with Gasteiger partial charge in [-0.25, -0.2) is 14.4 Å². The molecule has 2 atom stereocenters. The topological polar surface area (TPSA) is 56.1 Å². The summed E-state index contributed by atoms with van der Waals surface area (Å²) in [5, 5.41) is 4.26. The Labute approximate surface area is 135 Å². The number of hydrogen-bond donors (Lipinski definition) is 0. The Morgan fingerprint density at radius 1 is 1.35 bits per heavy atom. The van der Waals surface area contributed by atoms with E-state index >= 15 is 0 Å². The highest BCUT2D eigenvalue weighted by Gasteiger charge is 2.36. The number of anilines is 1. The molecular weight excluding hydrogens is 297 g/mol. The van der Waals surface area contributed by atoms with Gasteiger partial charge in [0, 0.05) is 45.3 Å². The van der Waals surface area contributed by atoms with Gasteiger partial charge in [-0.15, -0.1) is 0 Å². The summed E-state index contributed by atoms with van der Waals surface area (Å²) in [4.78, 5) is 10.2. The number of nitrogens with zero attached hydrogens (tertiary/aromatic N) is 5. The maximum atomic E-state index is 14.6. The zero-order valence-electron chi connectivity index (χ0n) is 13.7. The molecule has 6 nitrogen and oxygen atoms in total. The minimum atomic E-state index is -0.307. The van der Waals surface area contributed by atoms with Crippen molar-refractivity contribution in [3.63, 3.8) is 0 Å². The number of rotatable bonds is 5. The molecule has 1 aliphatic rings. The molecule has 2 aromatic heterocycles. The van der Waals surface area contributed by atoms with Crippen LogP contribution in [0.1, 0.15) is 24.1 Å². The second-order valence-electron chi connectivity index (χ2n) is 5.99. The molecule has 0 amide bonds. The number of aromatic nitrogens is 4. The molecule has 1 fully saturated rings. The molecule has 0 bridgehead atoms. The fraction of sp³-hybridized carbons (Fsp3) is 0.562. The van der Waals surface area contributed by atoms with E-state index in [2.05, 4.69) is 15.1 Å². The van der Waals surface area contributed by atoms with Crippen molar-refractivity contribution < 1.29 is 9.13 Å². The van der Waals surface area contributed by atoms with Crippen LogP contribution in [0.25, 0.3) is 0 Å². The minimum absolute atomic E-state index is 0.253. The fourth-order valence-electron chi connectivity index (χ4n) is 3.30. The third-order valence-electron chi connectivity index (χ3n) is 4.45. The van der Waals surface area contributed by atoms with Gasteiger partial charge in [-0.05, 0) is 12.0 Å². The van der Waals surface area contributed by atoms with Crippen molar-refractivity contribution in [1.29, 1.82) is 0 Å². The number of halogens is 1. The molecule has 0 aromatic carbocycles. The summed E-state index contributed by atoms with van der Waals surface area (Å²) in [6.07, 6.45) is 5.90. The summed E-state index contributed by atoms with van der Waals surface area (Å²) < 4.78 is 21.7. The first-order chi connectivity index (χ1) is 11.1. The van der Waals surface area contributed by atoms with Crippen molar-refractivity contribution in [2.45, 2.75) is 19.3 Å². The van der Waals surface area contributed by atoms with Crippen LogP contribution in [0.4, 0.5) is 10.2 Å². The molecule has 124 valence electrons. The summed E-state index contributed by atoms with van der Waals surface area (Å²) in [6.45, 7) is 3.94. The van der Waals surface area contributed by atoms with Gasteiger partial charge in [0.05, 0.1) is 18.5 Å². The van der Waals surface area contributed by atoms with E-state index < -0.39 is 0 Å². The monoisotopic (exact) mass is 319 g/mol. The Morgan fingerprint density at radius 2 is 2.17 bits per heavy atom. The van der Waals surface area contributed by atoms with E-state index in [1.54, 1.807) is 11.8 Å². The molecule has 7 heteroatoms. The van der Waals surface area contributed by atoms with E-state index in [1.807, 2.05) is 31.3 Å². The van der Waals surface area contributed by atoms with E-state index in [-0.39, 0.29) is 17.7 Å². The molecule has 2 aromatic rings. The molecule has 0 aliphatic carbocycles. The molecule has 23 heavy (non-hydrogen) atoms. The third kappa shape index (κ3) is 3.06. The highest BCUT2D eigenvalue weighted by Crippen LogP contribution is 2.35. The highest BCUT2D eigenvalue weighted by atomic mass is 19.1. The van der Waals surface area contributed by atoms with Gasteiger partial charge < -0.3 is 9.64 Å². The molecule has 0 radical (unpaired) electrons. The molecule has 0 unspecified atom stereocenters. The average Bonchev–Trinajstić information content (AvgIpc) is 3.14. The fourth-order valence-corrected chi connectivity index (χ4v) is 3.30. The van der Waals surface area contributed by atoms with Crippen molar-refractivity contribution in [3.8, 4) is 0 Å². The van der Waals surface area contributed by atoms with Crippen LogP contribution in [-0.2, 0) is 18.2 Å². The lowest BCUT2D eigenvalue weighted by molar-refractivity contribution is 0.153. The highest BCUT2D eigenvalue weighted by molar-refractivity contribution is 5.44. The van der Waals surface area contributed by atoms with E-state index in [0.717, 1.165) is 5.56 Å². The SMILES string of the molecule is CCc1ncnc(N2C[C@@H](COC)[C@H](c3cnn(C)c3)C2)c1F. The zero-order valence-corrected chi connectivity index (χ0v) is 13.7. The van der Waals surface area contributed by atoms with Crippen LogP contribution in [0.5, 0.6) is 0 Å². The third-order valence-corrected chi connectivity index (χ3v) is 4.45. The zero-order chi connectivity index (χ0) is 16.4. The van der Waals surface area contributed by atoms with Crippen molar-refractivity contribution in [2.75, 3.05) is 31.7 Å². The Kier molecular flexibility index (Phi) is 4.56. The van der Waals surface area contributed by atoms with Gasteiger partial charge in [-0.2, -0.15) is 5.10 Å². The quantitative estimate of drug-likeness (QED) is 0.841. The predicted molar refractivity (Wildman–Crippen MR) is 84.9 cm³/mol. The van der Waals surface area contributed by atoms with Crippen LogP contribution in [-0.4, -0.2) is 46.6 Å². The van der Waals surface area contributed by atoms with Gasteiger partial charge in [-0.3, -0.25) is 4.68 Å². The molecule has 1 aliphatic heterocycles. The van der Waals surface area contributed by atoms with Crippen molar-refractivity contribution >= 4 is 5.82 Å². The van der Waals surface area contributed by atoms with E-state index in [9.17, 15) is 4.39 Å². The lowest BCUT2D eigenvalue weighted by atomic mass is 9.92. The van der Waals surface area contributed by atoms with Crippen LogP contribution in [0, 0.1) is 11.7 Å². The average molecular weight is 319 g/mol. The molecular formula is C16H22FN5O. The van der Waals surface area contributed by atoms with Gasteiger partial charge in [0.25, 0.3) is 0 Å². The summed E-state index contributed by atoms with van der Waals surface area (Å²) in [6, 6.07) is 0. The van der Waals surface area contributed by atoms with Gasteiger partial charge in [-0.1, -0.05) is 6.92 Å². The smallest absolute Gasteiger partial charge is 0.187 e. The van der Waals surface area contributed by atoms with Crippen LogP contribution < -0.4 is 4.90 Å². The maximum Gasteiger partial charge on any atom is 0.187 e. The lowest BCUT2D eigenvalue weighted by Gasteiger charge is -2.18. The first kappa shape index (κ1) is 15.9. The molecule has 0 saturated carbocycles. The van der Waals surface area contributed by atoms with E-state index in [0.29, 0.717) is 37.6 Å². The first-order valence-electron chi connectivity index (χ1n) is 7.85. The largest absolute Gasteiger partial charge is 0.384 e. The van der Waals surface area contributed by atoms with Crippen LogP contribution in [0.15, 0.2) is 18.7 Å². The summed E-state index contributed by atoms with van der Waals surface area (Å²) in [7, 11) is 3.60. The van der Waals surface area contributed by atoms with Crippen LogP contribution in [0.2, 0.25) is 0 Å². The Hall–Kier alpha value is -2.02. The molecule has 1 saturated heterocycles. The number of hydrogen-bond acceptors (Lipinski definition) is 5. The Balaban J connectivity index is 1.88. The lowest BCUT2D eigenvalue weighted by Crippen LogP contribution is -2.24. The van der Waals surface area contributed by atoms with Gasteiger partial charge in [0.15, 0.2) is 11.6 Å². The molecule has 0 spiro atoms. The minimum Gasteiger partial charge on any atom is -0.384 e. The normalized spacial score (nSPS) is 21.1. The van der Waals surface area contributed by atoms with Crippen molar-refractivity contribution in [2.24, 2.45) is 13.0 Å². The number of methoxy groups -OCH3 is 1. The molecule has 3 heterocycles. The Bertz CT molecular complexity index is 674. The van der Waals surface area contributed by atoms with Gasteiger partial charge >= 0.3 is 0 Å². The Morgan fingerprint density at radius 3 is 2.83 bits per heavy atom. The standard InChI is InChI=1S/C16H22FN5O/c1-4-14-15(17)16(19-10-18-14)22-7-12(9-23-3)13(8-22)11-5-20-21(2)6-11/h5-6,10,12-13H,4,7-9H2,1-3H3/t12-,13-/m0/s1. The van der Waals surface area contributed by atoms with Gasteiger partial charge in [0.2, 0.25) is 0 Å². The van der Waals surface area contributed by atoms with Crippen molar-refractivity contribution in [1.82, 2.24) is 19.7 Å². The van der Waals surface area contributed by atoms with Gasteiger partial charge in [0.1, 0.15) is 6.33 Å². The first-order valence-corrected chi connectivity index (χ1v) is 7.85. The number of aryl methyl sites for hydroxylation is 2. The second kappa shape index (κ2) is 6.62. The number of ether oxygens (including phenoxy) is 1. The molecule has 0 N–H and O–H groups in total. The van der Waals surface area contributed by atoms with Crippen molar-refractivity contribution in [3.05, 3.63) is 35.8 Å². The predicted octanol–water partition coefficient (Wildman–Crippen LogP) is 1.78. The summed E-state index contributed by atoms with van der Waals surface area (Å²) in [5.74, 6) is 0.620. The second-order valence-corrected chi connectivity index (χ2v) is 5.99. The van der Waals surface area contributed by atoms with Crippen LogP contribution >= 0.6 is 0 Å². The van der Waals surface area contributed by atoms with E-state index in [1.165, 1.54) is 6.33 Å². The maximum absolute atomic E-state index is 14.6.